The summed E-state index contributed by atoms with van der Waals surface area (Å²) in [5, 5.41) is 12.8. The summed E-state index contributed by atoms with van der Waals surface area (Å²) in [7, 11) is 0. The maximum Gasteiger partial charge on any atom is 0.126 e. The third kappa shape index (κ3) is 3.97. The average molecular weight is 271 g/mol. The summed E-state index contributed by atoms with van der Waals surface area (Å²) in [6.45, 7) is 5.95. The summed E-state index contributed by atoms with van der Waals surface area (Å²) in [5.74, 6) is -0.169. The van der Waals surface area contributed by atoms with Gasteiger partial charge < -0.3 is 10.4 Å². The maximum absolute atomic E-state index is 13.5. The molecule has 0 aliphatic rings. The van der Waals surface area contributed by atoms with Crippen LogP contribution in [-0.4, -0.2) is 29.3 Å². The van der Waals surface area contributed by atoms with Gasteiger partial charge in [-0.3, -0.25) is 0 Å². The van der Waals surface area contributed by atoms with E-state index in [1.807, 2.05) is 26.2 Å². The maximum atomic E-state index is 13.5. The van der Waals surface area contributed by atoms with Crippen LogP contribution in [0.1, 0.15) is 31.0 Å². The zero-order valence-electron chi connectivity index (χ0n) is 11.4. The Bertz CT molecular complexity index is 382. The smallest absolute Gasteiger partial charge is 0.126 e. The van der Waals surface area contributed by atoms with Gasteiger partial charge in [0.05, 0.1) is 6.61 Å². The Morgan fingerprint density at radius 2 is 2.06 bits per heavy atom. The van der Waals surface area contributed by atoms with Crippen LogP contribution in [0.15, 0.2) is 18.2 Å². The van der Waals surface area contributed by atoms with Crippen molar-refractivity contribution in [3.8, 4) is 0 Å². The lowest BCUT2D eigenvalue weighted by atomic mass is 10.0. The largest absolute Gasteiger partial charge is 0.395 e. The highest BCUT2D eigenvalue weighted by atomic mass is 32.2. The molecule has 1 aromatic rings. The van der Waals surface area contributed by atoms with Crippen LogP contribution < -0.4 is 5.32 Å². The van der Waals surface area contributed by atoms with Gasteiger partial charge in [0.2, 0.25) is 0 Å². The van der Waals surface area contributed by atoms with Crippen molar-refractivity contribution < 1.29 is 9.50 Å². The Balaban J connectivity index is 2.69. The molecule has 2 nitrogen and oxygen atoms in total. The van der Waals surface area contributed by atoms with E-state index in [9.17, 15) is 9.50 Å². The summed E-state index contributed by atoms with van der Waals surface area (Å²) >= 11 is 1.63. The summed E-state index contributed by atoms with van der Waals surface area (Å²) in [5.41, 5.74) is 1.60. The molecule has 0 saturated carbocycles. The van der Waals surface area contributed by atoms with E-state index in [0.29, 0.717) is 5.56 Å². The van der Waals surface area contributed by atoms with Crippen molar-refractivity contribution in [1.29, 1.82) is 0 Å². The third-order valence-corrected chi connectivity index (χ3v) is 4.41. The molecule has 0 spiro atoms. The van der Waals surface area contributed by atoms with Crippen molar-refractivity contribution in [3.05, 3.63) is 35.1 Å². The van der Waals surface area contributed by atoms with E-state index in [1.165, 1.54) is 0 Å². The van der Waals surface area contributed by atoms with Gasteiger partial charge in [0.25, 0.3) is 0 Å². The Hall–Kier alpha value is -0.580. The number of aliphatic hydroxyl groups excluding tert-OH is 1. The molecule has 18 heavy (non-hydrogen) atoms. The lowest BCUT2D eigenvalue weighted by Crippen LogP contribution is -2.38. The molecule has 0 amide bonds. The Labute approximate surface area is 113 Å². The normalized spacial score (nSPS) is 16.3. The number of halogens is 1. The molecule has 0 fully saturated rings. The first-order valence-corrected chi connectivity index (χ1v) is 7.44. The van der Waals surface area contributed by atoms with Crippen LogP contribution >= 0.6 is 11.8 Å². The van der Waals surface area contributed by atoms with Crippen LogP contribution in [0.25, 0.3) is 0 Å². The fourth-order valence-electron chi connectivity index (χ4n) is 1.91. The van der Waals surface area contributed by atoms with E-state index in [2.05, 4.69) is 5.32 Å². The lowest BCUT2D eigenvalue weighted by Gasteiger charge is -2.25. The molecule has 3 unspecified atom stereocenters. The second-order valence-electron chi connectivity index (χ2n) is 4.64. The standard InChI is InChI=1S/C14H22FNOS/c1-9-5-6-12(7-13(9)15)10(2)16-11(3)14(8-17)18-4/h5-7,10-11,14,16-17H,8H2,1-4H3. The van der Waals surface area contributed by atoms with Gasteiger partial charge in [-0.05, 0) is 44.2 Å². The van der Waals surface area contributed by atoms with Crippen molar-refractivity contribution in [2.45, 2.75) is 38.1 Å². The number of nitrogens with one attached hydrogen (secondary N) is 1. The minimum atomic E-state index is -0.169. The van der Waals surface area contributed by atoms with E-state index in [0.717, 1.165) is 5.56 Å². The number of thioether (sulfide) groups is 1. The van der Waals surface area contributed by atoms with Gasteiger partial charge in [0.15, 0.2) is 0 Å². The van der Waals surface area contributed by atoms with Gasteiger partial charge in [-0.2, -0.15) is 11.8 Å². The van der Waals surface area contributed by atoms with Crippen molar-refractivity contribution in [2.75, 3.05) is 12.9 Å². The Kier molecular flexibility index (Phi) is 6.12. The van der Waals surface area contributed by atoms with E-state index in [-0.39, 0.29) is 29.8 Å². The van der Waals surface area contributed by atoms with Gasteiger partial charge in [-0.25, -0.2) is 4.39 Å². The number of hydrogen-bond donors (Lipinski definition) is 2. The summed E-state index contributed by atoms with van der Waals surface area (Å²) in [6, 6.07) is 5.55. The van der Waals surface area contributed by atoms with Gasteiger partial charge in [0.1, 0.15) is 5.82 Å². The quantitative estimate of drug-likeness (QED) is 0.834. The van der Waals surface area contributed by atoms with Crippen molar-refractivity contribution in [1.82, 2.24) is 5.32 Å². The monoisotopic (exact) mass is 271 g/mol. The molecule has 0 radical (unpaired) electrons. The van der Waals surface area contributed by atoms with Crippen LogP contribution in [0.2, 0.25) is 0 Å². The van der Waals surface area contributed by atoms with E-state index in [4.69, 9.17) is 0 Å². The molecule has 1 rings (SSSR count). The van der Waals surface area contributed by atoms with Crippen molar-refractivity contribution in [3.63, 3.8) is 0 Å². The number of hydrogen-bond acceptors (Lipinski definition) is 3. The average Bonchev–Trinajstić information content (AvgIpc) is 2.34. The fraction of sp³-hybridized carbons (Fsp3) is 0.571. The molecule has 3 atom stereocenters. The van der Waals surface area contributed by atoms with Crippen molar-refractivity contribution in [2.24, 2.45) is 0 Å². The van der Waals surface area contributed by atoms with Crippen molar-refractivity contribution >= 4 is 11.8 Å². The minimum Gasteiger partial charge on any atom is -0.395 e. The summed E-state index contributed by atoms with van der Waals surface area (Å²) in [4.78, 5) is 0. The number of benzene rings is 1. The van der Waals surface area contributed by atoms with Crippen LogP contribution in [0.5, 0.6) is 0 Å². The molecular formula is C14H22FNOS. The molecule has 0 heterocycles. The molecule has 102 valence electrons. The van der Waals surface area contributed by atoms with Gasteiger partial charge >= 0.3 is 0 Å². The highest BCUT2D eigenvalue weighted by Crippen LogP contribution is 2.19. The first-order valence-electron chi connectivity index (χ1n) is 6.15. The predicted molar refractivity (Wildman–Crippen MR) is 76.5 cm³/mol. The van der Waals surface area contributed by atoms with Crippen LogP contribution in [0.3, 0.4) is 0 Å². The highest BCUT2D eigenvalue weighted by Gasteiger charge is 2.18. The lowest BCUT2D eigenvalue weighted by molar-refractivity contribution is 0.271. The summed E-state index contributed by atoms with van der Waals surface area (Å²) in [6.07, 6.45) is 1.98. The zero-order valence-corrected chi connectivity index (χ0v) is 12.2. The molecule has 0 saturated heterocycles. The second kappa shape index (κ2) is 7.12. The second-order valence-corrected chi connectivity index (χ2v) is 5.72. The number of rotatable bonds is 6. The molecule has 0 aliphatic carbocycles. The van der Waals surface area contributed by atoms with Gasteiger partial charge in [0, 0.05) is 17.3 Å². The first-order chi connectivity index (χ1) is 8.49. The number of aliphatic hydroxyl groups is 1. The molecule has 0 aromatic heterocycles. The number of aryl methyl sites for hydroxylation is 1. The fourth-order valence-corrected chi connectivity index (χ4v) is 2.55. The molecule has 0 aliphatic heterocycles. The molecule has 1 aromatic carbocycles. The molecular weight excluding hydrogens is 249 g/mol. The van der Waals surface area contributed by atoms with E-state index >= 15 is 0 Å². The molecule has 4 heteroatoms. The molecule has 0 bridgehead atoms. The van der Waals surface area contributed by atoms with Crippen LogP contribution in [-0.2, 0) is 0 Å². The summed E-state index contributed by atoms with van der Waals surface area (Å²) < 4.78 is 13.5. The first kappa shape index (κ1) is 15.5. The van der Waals surface area contributed by atoms with E-state index < -0.39 is 0 Å². The SMILES string of the molecule is CSC(CO)C(C)NC(C)c1ccc(C)c(F)c1. The molecule has 2 N–H and O–H groups in total. The van der Waals surface area contributed by atoms with Crippen LogP contribution in [0.4, 0.5) is 4.39 Å². The highest BCUT2D eigenvalue weighted by molar-refractivity contribution is 7.99. The predicted octanol–water partition coefficient (Wildman–Crippen LogP) is 2.90. The zero-order chi connectivity index (χ0) is 13.7. The topological polar surface area (TPSA) is 32.3 Å². The minimum absolute atomic E-state index is 0.0660. The van der Waals surface area contributed by atoms with E-state index in [1.54, 1.807) is 30.8 Å². The van der Waals surface area contributed by atoms with Gasteiger partial charge in [-0.15, -0.1) is 0 Å². The third-order valence-electron chi connectivity index (χ3n) is 3.25. The van der Waals surface area contributed by atoms with Crippen LogP contribution in [0, 0.1) is 12.7 Å². The Morgan fingerprint density at radius 3 is 2.56 bits per heavy atom. The Morgan fingerprint density at radius 1 is 1.39 bits per heavy atom. The van der Waals surface area contributed by atoms with Gasteiger partial charge in [-0.1, -0.05) is 12.1 Å².